The third kappa shape index (κ3) is 2.46. The highest BCUT2D eigenvalue weighted by Crippen LogP contribution is 2.18. The van der Waals surface area contributed by atoms with E-state index in [0.717, 1.165) is 17.1 Å². The predicted molar refractivity (Wildman–Crippen MR) is 49.4 cm³/mol. The van der Waals surface area contributed by atoms with Crippen LogP contribution in [0.3, 0.4) is 0 Å². The van der Waals surface area contributed by atoms with Crippen molar-refractivity contribution >= 4 is 17.4 Å². The maximum absolute atomic E-state index is 5.62. The molecule has 0 saturated carbocycles. The number of hydrogen-bond acceptors (Lipinski definition) is 3. The maximum Gasteiger partial charge on any atom is 0.0739 e. The van der Waals surface area contributed by atoms with E-state index >= 15 is 0 Å². The number of anilines is 1. The SMILES string of the molecule is CC(C)SCc1[nH]ncc1N. The zero-order valence-electron chi connectivity index (χ0n) is 6.79. The Kier molecular flexibility index (Phi) is 2.82. The van der Waals surface area contributed by atoms with Gasteiger partial charge in [0.2, 0.25) is 0 Å². The lowest BCUT2D eigenvalue weighted by Gasteiger charge is -2.02. The molecule has 0 saturated heterocycles. The van der Waals surface area contributed by atoms with Crippen LogP contribution in [0.2, 0.25) is 0 Å². The summed E-state index contributed by atoms with van der Waals surface area (Å²) in [5.41, 5.74) is 7.41. The number of nitrogens with one attached hydrogen (secondary N) is 1. The average molecular weight is 171 g/mol. The molecule has 0 bridgehead atoms. The van der Waals surface area contributed by atoms with E-state index < -0.39 is 0 Å². The lowest BCUT2D eigenvalue weighted by molar-refractivity contribution is 1.03. The summed E-state index contributed by atoms with van der Waals surface area (Å²) in [5.74, 6) is 0.920. The van der Waals surface area contributed by atoms with Gasteiger partial charge in [0.05, 0.1) is 17.6 Å². The van der Waals surface area contributed by atoms with Crippen molar-refractivity contribution < 1.29 is 0 Å². The Morgan fingerprint density at radius 3 is 2.91 bits per heavy atom. The van der Waals surface area contributed by atoms with Gasteiger partial charge in [-0.05, 0) is 5.25 Å². The molecule has 4 heteroatoms. The van der Waals surface area contributed by atoms with E-state index in [-0.39, 0.29) is 0 Å². The number of aromatic nitrogens is 2. The van der Waals surface area contributed by atoms with E-state index in [1.54, 1.807) is 6.20 Å². The summed E-state index contributed by atoms with van der Waals surface area (Å²) in [6.07, 6.45) is 1.65. The van der Waals surface area contributed by atoms with Gasteiger partial charge in [0.15, 0.2) is 0 Å². The number of aromatic amines is 1. The molecule has 0 unspecified atom stereocenters. The number of nitrogens with two attached hydrogens (primary N) is 1. The molecule has 1 rings (SSSR count). The molecule has 3 nitrogen and oxygen atoms in total. The van der Waals surface area contributed by atoms with Crippen molar-refractivity contribution in [3.05, 3.63) is 11.9 Å². The Morgan fingerprint density at radius 1 is 1.73 bits per heavy atom. The van der Waals surface area contributed by atoms with Crippen LogP contribution in [-0.4, -0.2) is 15.4 Å². The minimum atomic E-state index is 0.637. The quantitative estimate of drug-likeness (QED) is 0.726. The van der Waals surface area contributed by atoms with Crippen molar-refractivity contribution in [3.63, 3.8) is 0 Å². The number of thioether (sulfide) groups is 1. The predicted octanol–water partition coefficient (Wildman–Crippen LogP) is 1.63. The third-order valence-corrected chi connectivity index (χ3v) is 2.43. The summed E-state index contributed by atoms with van der Waals surface area (Å²) in [6.45, 7) is 4.33. The topological polar surface area (TPSA) is 54.7 Å². The highest BCUT2D eigenvalue weighted by Gasteiger charge is 2.01. The molecule has 0 aliphatic rings. The zero-order chi connectivity index (χ0) is 8.27. The summed E-state index contributed by atoms with van der Waals surface area (Å²) >= 11 is 1.85. The lowest BCUT2D eigenvalue weighted by Crippen LogP contribution is -1.93. The fraction of sp³-hybridized carbons (Fsp3) is 0.571. The molecular formula is C7H13N3S. The second kappa shape index (κ2) is 3.67. The van der Waals surface area contributed by atoms with Crippen LogP contribution in [0.5, 0.6) is 0 Å². The van der Waals surface area contributed by atoms with Crippen molar-refractivity contribution in [2.24, 2.45) is 0 Å². The van der Waals surface area contributed by atoms with Gasteiger partial charge in [0.1, 0.15) is 0 Å². The minimum absolute atomic E-state index is 0.637. The first-order valence-electron chi connectivity index (χ1n) is 3.59. The van der Waals surface area contributed by atoms with Crippen LogP contribution < -0.4 is 5.73 Å². The Hall–Kier alpha value is -0.640. The first-order valence-corrected chi connectivity index (χ1v) is 4.64. The van der Waals surface area contributed by atoms with Crippen LogP contribution in [0.1, 0.15) is 19.5 Å². The van der Waals surface area contributed by atoms with Crippen LogP contribution >= 0.6 is 11.8 Å². The van der Waals surface area contributed by atoms with Crippen molar-refractivity contribution in [2.45, 2.75) is 24.9 Å². The van der Waals surface area contributed by atoms with E-state index in [0.29, 0.717) is 5.25 Å². The molecule has 0 spiro atoms. The molecule has 0 atom stereocenters. The van der Waals surface area contributed by atoms with E-state index in [1.807, 2.05) is 11.8 Å². The monoisotopic (exact) mass is 171 g/mol. The maximum atomic E-state index is 5.62. The number of H-pyrrole nitrogens is 1. The van der Waals surface area contributed by atoms with Crippen LogP contribution in [0.25, 0.3) is 0 Å². The number of rotatable bonds is 3. The molecule has 0 radical (unpaired) electrons. The first-order chi connectivity index (χ1) is 5.20. The van der Waals surface area contributed by atoms with Gasteiger partial charge >= 0.3 is 0 Å². The van der Waals surface area contributed by atoms with Gasteiger partial charge in [-0.25, -0.2) is 0 Å². The molecule has 0 aliphatic heterocycles. The highest BCUT2D eigenvalue weighted by atomic mass is 32.2. The normalized spacial score (nSPS) is 10.8. The minimum Gasteiger partial charge on any atom is -0.396 e. The van der Waals surface area contributed by atoms with Crippen molar-refractivity contribution in [2.75, 3.05) is 5.73 Å². The second-order valence-corrected chi connectivity index (χ2v) is 4.23. The molecular weight excluding hydrogens is 158 g/mol. The molecule has 1 aromatic rings. The molecule has 0 aromatic carbocycles. The van der Waals surface area contributed by atoms with Gasteiger partial charge in [-0.15, -0.1) is 0 Å². The van der Waals surface area contributed by atoms with Gasteiger partial charge in [-0.1, -0.05) is 13.8 Å². The Bertz CT molecular complexity index is 219. The van der Waals surface area contributed by atoms with Crippen LogP contribution in [0.4, 0.5) is 5.69 Å². The molecule has 3 N–H and O–H groups in total. The largest absolute Gasteiger partial charge is 0.396 e. The molecule has 0 amide bonds. The Labute approximate surface area is 70.8 Å². The average Bonchev–Trinajstić information content (AvgIpc) is 2.31. The molecule has 1 aromatic heterocycles. The van der Waals surface area contributed by atoms with E-state index in [2.05, 4.69) is 24.0 Å². The molecule has 1 heterocycles. The molecule has 11 heavy (non-hydrogen) atoms. The zero-order valence-corrected chi connectivity index (χ0v) is 7.61. The smallest absolute Gasteiger partial charge is 0.0739 e. The molecule has 0 fully saturated rings. The van der Waals surface area contributed by atoms with Crippen LogP contribution in [0, 0.1) is 0 Å². The summed E-state index contributed by atoms with van der Waals surface area (Å²) in [4.78, 5) is 0. The van der Waals surface area contributed by atoms with Gasteiger partial charge in [-0.2, -0.15) is 16.9 Å². The van der Waals surface area contributed by atoms with Gasteiger partial charge in [0, 0.05) is 5.75 Å². The molecule has 0 aliphatic carbocycles. The number of nitrogens with zero attached hydrogens (tertiary/aromatic N) is 1. The summed E-state index contributed by atoms with van der Waals surface area (Å²) in [6, 6.07) is 0. The van der Waals surface area contributed by atoms with Crippen LogP contribution in [-0.2, 0) is 5.75 Å². The standard InChI is InChI=1S/C7H13N3S/c1-5(2)11-4-7-6(8)3-9-10-7/h3,5H,4,8H2,1-2H3,(H,9,10). The lowest BCUT2D eigenvalue weighted by atomic mass is 10.4. The first kappa shape index (κ1) is 8.46. The highest BCUT2D eigenvalue weighted by molar-refractivity contribution is 7.99. The van der Waals surface area contributed by atoms with Crippen molar-refractivity contribution in [3.8, 4) is 0 Å². The van der Waals surface area contributed by atoms with E-state index in [1.165, 1.54) is 0 Å². The third-order valence-electron chi connectivity index (χ3n) is 1.31. The second-order valence-electron chi connectivity index (χ2n) is 2.66. The summed E-state index contributed by atoms with van der Waals surface area (Å²) in [7, 11) is 0. The molecule has 62 valence electrons. The van der Waals surface area contributed by atoms with Gasteiger partial charge < -0.3 is 5.73 Å². The van der Waals surface area contributed by atoms with Crippen molar-refractivity contribution in [1.29, 1.82) is 0 Å². The van der Waals surface area contributed by atoms with E-state index in [4.69, 9.17) is 5.73 Å². The van der Waals surface area contributed by atoms with Gasteiger partial charge in [0.25, 0.3) is 0 Å². The van der Waals surface area contributed by atoms with E-state index in [9.17, 15) is 0 Å². The van der Waals surface area contributed by atoms with Crippen molar-refractivity contribution in [1.82, 2.24) is 10.2 Å². The Balaban J connectivity index is 2.44. The fourth-order valence-corrected chi connectivity index (χ4v) is 1.42. The van der Waals surface area contributed by atoms with Gasteiger partial charge in [-0.3, -0.25) is 5.10 Å². The van der Waals surface area contributed by atoms with Crippen LogP contribution in [0.15, 0.2) is 6.20 Å². The fourth-order valence-electron chi connectivity index (χ4n) is 0.688. The number of hydrogen-bond donors (Lipinski definition) is 2. The summed E-state index contributed by atoms with van der Waals surface area (Å²) in [5, 5.41) is 7.34. The summed E-state index contributed by atoms with van der Waals surface area (Å²) < 4.78 is 0. The Morgan fingerprint density at radius 2 is 2.45 bits per heavy atom. The number of nitrogen functional groups attached to an aromatic ring is 1.